The molecule has 0 bridgehead atoms. The summed E-state index contributed by atoms with van der Waals surface area (Å²) in [5.74, 6) is -1.68. The van der Waals surface area contributed by atoms with E-state index in [4.69, 9.17) is 11.6 Å². The summed E-state index contributed by atoms with van der Waals surface area (Å²) in [7, 11) is 0. The van der Waals surface area contributed by atoms with Crippen LogP contribution in [-0.2, 0) is 0 Å². The van der Waals surface area contributed by atoms with Gasteiger partial charge in [-0.2, -0.15) is 13.2 Å². The van der Waals surface area contributed by atoms with E-state index < -0.39 is 18.0 Å². The Labute approximate surface area is 116 Å². The summed E-state index contributed by atoms with van der Waals surface area (Å²) >= 11 is 6.50. The van der Waals surface area contributed by atoms with Gasteiger partial charge in [-0.15, -0.1) is 10.2 Å². The Morgan fingerprint density at radius 3 is 2.37 bits per heavy atom. The molecule has 1 amide bonds. The number of nitrogens with zero attached hydrogens (tertiary/aromatic N) is 2. The first-order valence-corrected chi connectivity index (χ1v) is 6.92. The van der Waals surface area contributed by atoms with E-state index in [1.807, 2.05) is 0 Å². The zero-order chi connectivity index (χ0) is 14.0. The number of carbonyl (C=O) groups excluding carboxylic acids is 1. The lowest BCUT2D eigenvalue weighted by molar-refractivity contribution is -0.182. The van der Waals surface area contributed by atoms with Gasteiger partial charge in [-0.05, 0) is 37.3 Å². The van der Waals surface area contributed by atoms with E-state index in [-0.39, 0.29) is 28.4 Å². The quantitative estimate of drug-likeness (QED) is 0.913. The van der Waals surface area contributed by atoms with Crippen molar-refractivity contribution in [3.05, 3.63) is 9.47 Å². The number of hydrogen-bond acceptors (Lipinski definition) is 4. The smallest absolute Gasteiger partial charge is 0.347 e. The van der Waals surface area contributed by atoms with Gasteiger partial charge in [0.2, 0.25) is 9.47 Å². The lowest BCUT2D eigenvalue weighted by Gasteiger charge is -2.30. The zero-order valence-corrected chi connectivity index (χ0v) is 11.3. The lowest BCUT2D eigenvalue weighted by atomic mass is 9.85. The second-order valence-electron chi connectivity index (χ2n) is 4.42. The summed E-state index contributed by atoms with van der Waals surface area (Å²) in [5, 5.41) is 9.87. The molecule has 0 spiro atoms. The number of hydrogen-bond donors (Lipinski definition) is 1. The molecule has 1 saturated carbocycles. The van der Waals surface area contributed by atoms with Crippen LogP contribution in [-0.4, -0.2) is 28.3 Å². The van der Waals surface area contributed by atoms with Crippen molar-refractivity contribution in [1.82, 2.24) is 15.5 Å². The minimum atomic E-state index is -4.14. The Kier molecular flexibility index (Phi) is 4.29. The molecule has 9 heteroatoms. The van der Waals surface area contributed by atoms with E-state index in [1.165, 1.54) is 0 Å². The molecule has 1 aromatic rings. The van der Waals surface area contributed by atoms with Crippen molar-refractivity contribution >= 4 is 28.8 Å². The Balaban J connectivity index is 1.84. The minimum Gasteiger partial charge on any atom is -0.347 e. The molecule has 0 atom stereocenters. The number of amides is 1. The van der Waals surface area contributed by atoms with Crippen LogP contribution >= 0.6 is 22.9 Å². The highest BCUT2D eigenvalue weighted by Gasteiger charge is 2.41. The van der Waals surface area contributed by atoms with Gasteiger partial charge in [0.05, 0.1) is 5.92 Å². The highest BCUT2D eigenvalue weighted by molar-refractivity contribution is 7.17. The molecule has 1 aromatic heterocycles. The number of halogens is 4. The fraction of sp³-hybridized carbons (Fsp3) is 0.700. The normalized spacial score (nSPS) is 24.2. The molecule has 1 fully saturated rings. The molecule has 19 heavy (non-hydrogen) atoms. The Hall–Kier alpha value is -0.890. The Bertz CT molecular complexity index is 457. The highest BCUT2D eigenvalue weighted by atomic mass is 35.5. The van der Waals surface area contributed by atoms with Gasteiger partial charge in [-0.3, -0.25) is 4.79 Å². The largest absolute Gasteiger partial charge is 0.391 e. The molecule has 0 aliphatic heterocycles. The van der Waals surface area contributed by atoms with Crippen LogP contribution in [0.4, 0.5) is 13.2 Å². The lowest BCUT2D eigenvalue weighted by Crippen LogP contribution is -2.40. The summed E-state index contributed by atoms with van der Waals surface area (Å²) in [4.78, 5) is 11.7. The van der Waals surface area contributed by atoms with Gasteiger partial charge in [-0.1, -0.05) is 11.3 Å². The second kappa shape index (κ2) is 5.62. The summed E-state index contributed by atoms with van der Waals surface area (Å²) in [5.41, 5.74) is 0. The molecule has 106 valence electrons. The molecule has 0 aromatic carbocycles. The maximum absolute atomic E-state index is 12.5. The van der Waals surface area contributed by atoms with Gasteiger partial charge in [0.25, 0.3) is 5.91 Å². The predicted molar refractivity (Wildman–Crippen MR) is 64.2 cm³/mol. The van der Waals surface area contributed by atoms with Crippen LogP contribution in [0.1, 0.15) is 35.5 Å². The second-order valence-corrected chi connectivity index (χ2v) is 5.98. The SMILES string of the molecule is O=C(NC1CCC(C(F)(F)F)CC1)c1nnc(Cl)s1. The first-order chi connectivity index (χ1) is 8.86. The number of carbonyl (C=O) groups is 1. The first kappa shape index (κ1) is 14.5. The Morgan fingerprint density at radius 1 is 1.26 bits per heavy atom. The molecular formula is C10H11ClF3N3OS. The van der Waals surface area contributed by atoms with Crippen LogP contribution in [0.25, 0.3) is 0 Å². The van der Waals surface area contributed by atoms with Crippen molar-refractivity contribution < 1.29 is 18.0 Å². The minimum absolute atomic E-state index is 0.0469. The number of alkyl halides is 3. The number of nitrogens with one attached hydrogen (secondary N) is 1. The molecule has 1 heterocycles. The van der Waals surface area contributed by atoms with Crippen LogP contribution in [0, 0.1) is 5.92 Å². The van der Waals surface area contributed by atoms with Crippen LogP contribution in [0.15, 0.2) is 0 Å². The van der Waals surface area contributed by atoms with Crippen LogP contribution in [0.3, 0.4) is 0 Å². The summed E-state index contributed by atoms with van der Waals surface area (Å²) in [6.45, 7) is 0. The van der Waals surface area contributed by atoms with Crippen molar-refractivity contribution in [2.45, 2.75) is 37.9 Å². The first-order valence-electron chi connectivity index (χ1n) is 5.73. The van der Waals surface area contributed by atoms with Crippen LogP contribution in [0.5, 0.6) is 0 Å². The van der Waals surface area contributed by atoms with Crippen molar-refractivity contribution in [2.24, 2.45) is 5.92 Å². The van der Waals surface area contributed by atoms with Crippen LogP contribution in [0.2, 0.25) is 4.47 Å². The fourth-order valence-corrected chi connectivity index (χ4v) is 2.84. The standard InChI is InChI=1S/C10H11ClF3N3OS/c11-9-17-16-8(19-9)7(18)15-6-3-1-5(2-4-6)10(12,13)14/h5-6H,1-4H2,(H,15,18). The maximum Gasteiger partial charge on any atom is 0.391 e. The van der Waals surface area contributed by atoms with Crippen molar-refractivity contribution in [3.8, 4) is 0 Å². The zero-order valence-electron chi connectivity index (χ0n) is 9.71. The average Bonchev–Trinajstić information content (AvgIpc) is 2.75. The van der Waals surface area contributed by atoms with E-state index in [0.29, 0.717) is 12.8 Å². The Morgan fingerprint density at radius 2 is 1.89 bits per heavy atom. The van der Waals surface area contributed by atoms with Gasteiger partial charge in [0.1, 0.15) is 0 Å². The molecule has 0 unspecified atom stereocenters. The van der Waals surface area contributed by atoms with Gasteiger partial charge in [-0.25, -0.2) is 0 Å². The molecular weight excluding hydrogens is 303 g/mol. The monoisotopic (exact) mass is 313 g/mol. The van der Waals surface area contributed by atoms with Crippen molar-refractivity contribution in [3.63, 3.8) is 0 Å². The molecule has 1 N–H and O–H groups in total. The third kappa shape index (κ3) is 3.79. The molecule has 1 aliphatic rings. The van der Waals surface area contributed by atoms with Gasteiger partial charge >= 0.3 is 6.18 Å². The summed E-state index contributed by atoms with van der Waals surface area (Å²) in [6, 6.07) is -0.242. The third-order valence-electron chi connectivity index (χ3n) is 3.12. The number of aromatic nitrogens is 2. The topological polar surface area (TPSA) is 54.9 Å². The maximum atomic E-state index is 12.5. The van der Waals surface area contributed by atoms with E-state index >= 15 is 0 Å². The molecule has 2 rings (SSSR count). The van der Waals surface area contributed by atoms with E-state index in [2.05, 4.69) is 15.5 Å². The van der Waals surface area contributed by atoms with E-state index in [9.17, 15) is 18.0 Å². The summed E-state index contributed by atoms with van der Waals surface area (Å²) in [6.07, 6.45) is -3.40. The molecule has 0 radical (unpaired) electrons. The van der Waals surface area contributed by atoms with Crippen molar-refractivity contribution in [2.75, 3.05) is 0 Å². The molecule has 4 nitrogen and oxygen atoms in total. The highest BCUT2D eigenvalue weighted by Crippen LogP contribution is 2.37. The predicted octanol–water partition coefficient (Wildman–Crippen LogP) is 3.04. The number of rotatable bonds is 2. The fourth-order valence-electron chi connectivity index (χ4n) is 2.11. The van der Waals surface area contributed by atoms with E-state index in [0.717, 1.165) is 11.3 Å². The van der Waals surface area contributed by atoms with E-state index in [1.54, 1.807) is 0 Å². The third-order valence-corrected chi connectivity index (χ3v) is 4.14. The van der Waals surface area contributed by atoms with Crippen LogP contribution < -0.4 is 5.32 Å². The van der Waals surface area contributed by atoms with Crippen molar-refractivity contribution in [1.29, 1.82) is 0 Å². The molecule has 0 saturated heterocycles. The van der Waals surface area contributed by atoms with Gasteiger partial charge < -0.3 is 5.32 Å². The molecule has 1 aliphatic carbocycles. The summed E-state index contributed by atoms with van der Waals surface area (Å²) < 4.78 is 37.6. The van der Waals surface area contributed by atoms with Gasteiger partial charge in [0, 0.05) is 6.04 Å². The van der Waals surface area contributed by atoms with Gasteiger partial charge in [0.15, 0.2) is 0 Å². The average molecular weight is 314 g/mol.